The van der Waals surface area contributed by atoms with Gasteiger partial charge in [0.15, 0.2) is 0 Å². The van der Waals surface area contributed by atoms with Crippen LogP contribution in [0, 0.1) is 17.6 Å². The maximum atomic E-state index is 14.1. The molecule has 3 rings (SSSR count). The van der Waals surface area contributed by atoms with Crippen molar-refractivity contribution >= 4 is 40.5 Å². The minimum absolute atomic E-state index is 0.0153. The summed E-state index contributed by atoms with van der Waals surface area (Å²) in [5.74, 6) is -2.22. The van der Waals surface area contributed by atoms with Crippen LogP contribution in [0.1, 0.15) is 18.4 Å². The second-order valence-corrected chi connectivity index (χ2v) is 6.73. The van der Waals surface area contributed by atoms with Gasteiger partial charge in [-0.2, -0.15) is 0 Å². The Balaban J connectivity index is 1.95. The third-order valence-corrected chi connectivity index (χ3v) is 4.93. The predicted octanol–water partition coefficient (Wildman–Crippen LogP) is 4.89. The summed E-state index contributed by atoms with van der Waals surface area (Å²) in [6, 6.07) is 7.90. The fourth-order valence-electron chi connectivity index (χ4n) is 3.08. The van der Waals surface area contributed by atoms with Gasteiger partial charge >= 0.3 is 0 Å². The van der Waals surface area contributed by atoms with E-state index in [1.54, 1.807) is 18.2 Å². The third kappa shape index (κ3) is 3.52. The van der Waals surface area contributed by atoms with Crippen LogP contribution in [0.3, 0.4) is 0 Å². The summed E-state index contributed by atoms with van der Waals surface area (Å²) in [7, 11) is 0. The van der Waals surface area contributed by atoms with Gasteiger partial charge < -0.3 is 10.1 Å². The first-order chi connectivity index (χ1) is 12.4. The van der Waals surface area contributed by atoms with Crippen molar-refractivity contribution in [1.82, 2.24) is 0 Å². The summed E-state index contributed by atoms with van der Waals surface area (Å²) in [5, 5.41) is 13.3. The Kier molecular flexibility index (Phi) is 5.44. The first-order valence-corrected chi connectivity index (χ1v) is 8.59. The molecule has 1 unspecified atom stereocenters. The van der Waals surface area contributed by atoms with Gasteiger partial charge in [0.2, 0.25) is 5.91 Å². The average Bonchev–Trinajstić information content (AvgIpc) is 2.59. The molecule has 1 aliphatic rings. The molecule has 0 radical (unpaired) electrons. The Labute approximate surface area is 158 Å². The number of halogens is 4. The van der Waals surface area contributed by atoms with Crippen LogP contribution in [0.2, 0.25) is 10.0 Å². The number of carbonyl (C=O) groups is 1. The number of nitrogens with zero attached hydrogens (tertiary/aromatic N) is 2. The van der Waals surface area contributed by atoms with Crippen LogP contribution in [-0.2, 0) is 4.79 Å². The van der Waals surface area contributed by atoms with E-state index in [0.29, 0.717) is 22.2 Å². The molecular formula is C18H14Cl2F2N2O2. The smallest absolute Gasteiger partial charge is 0.227 e. The van der Waals surface area contributed by atoms with Crippen molar-refractivity contribution in [3.05, 3.63) is 63.6 Å². The van der Waals surface area contributed by atoms with Gasteiger partial charge in [0, 0.05) is 30.5 Å². The minimum Gasteiger partial charge on any atom is -0.411 e. The molecule has 1 saturated heterocycles. The fraction of sp³-hybridized carbons (Fsp3) is 0.222. The Hall–Kier alpha value is -2.18. The van der Waals surface area contributed by atoms with Gasteiger partial charge in [-0.25, -0.2) is 8.78 Å². The molecule has 0 spiro atoms. The van der Waals surface area contributed by atoms with E-state index in [-0.39, 0.29) is 30.1 Å². The van der Waals surface area contributed by atoms with Crippen molar-refractivity contribution < 1.29 is 18.8 Å². The van der Waals surface area contributed by atoms with Gasteiger partial charge in [-0.05, 0) is 30.7 Å². The summed E-state index contributed by atoms with van der Waals surface area (Å²) in [6.45, 7) is 0.110. The fourth-order valence-corrected chi connectivity index (χ4v) is 3.69. The van der Waals surface area contributed by atoms with Crippen LogP contribution in [0.5, 0.6) is 0 Å². The molecule has 2 aromatic carbocycles. The second-order valence-electron chi connectivity index (χ2n) is 5.92. The molecule has 8 heteroatoms. The van der Waals surface area contributed by atoms with Crippen LogP contribution in [0.15, 0.2) is 41.6 Å². The van der Waals surface area contributed by atoms with E-state index in [1.165, 1.54) is 11.0 Å². The molecule has 1 heterocycles. The summed E-state index contributed by atoms with van der Waals surface area (Å²) in [6.07, 6.45) is 0.502. The highest BCUT2D eigenvalue weighted by Gasteiger charge is 2.33. The highest BCUT2D eigenvalue weighted by Crippen LogP contribution is 2.37. The number of amides is 1. The molecule has 26 heavy (non-hydrogen) atoms. The molecule has 1 aliphatic heterocycles. The number of anilines is 1. The SMILES string of the molecule is O=C1CCC(/C(=N\O)c2ccc(F)cc2F)CN1c1c(Cl)cccc1Cl. The van der Waals surface area contributed by atoms with Crippen molar-refractivity contribution in [2.24, 2.45) is 11.1 Å². The number of benzene rings is 2. The third-order valence-electron chi connectivity index (χ3n) is 4.32. The van der Waals surface area contributed by atoms with Crippen LogP contribution in [0.25, 0.3) is 0 Å². The van der Waals surface area contributed by atoms with Crippen LogP contribution in [-0.4, -0.2) is 23.4 Å². The first kappa shape index (κ1) is 18.6. The molecule has 136 valence electrons. The quantitative estimate of drug-likeness (QED) is 0.454. The highest BCUT2D eigenvalue weighted by atomic mass is 35.5. The number of piperidine rings is 1. The standard InChI is InChI=1S/C18H14Cl2F2N2O2/c19-13-2-1-3-14(20)18(13)24-9-10(4-7-16(24)25)17(23-26)12-6-5-11(21)8-15(12)22/h1-3,5-6,8,10,26H,4,7,9H2/b23-17+. The molecule has 1 amide bonds. The zero-order chi connectivity index (χ0) is 18.8. The minimum atomic E-state index is -0.836. The van der Waals surface area contributed by atoms with Gasteiger partial charge in [-0.1, -0.05) is 34.4 Å². The van der Waals surface area contributed by atoms with E-state index in [0.717, 1.165) is 12.1 Å². The lowest BCUT2D eigenvalue weighted by molar-refractivity contribution is -0.119. The number of carbonyl (C=O) groups excluding carboxylic acids is 1. The Morgan fingerprint density at radius 2 is 1.88 bits per heavy atom. The van der Waals surface area contributed by atoms with Crippen molar-refractivity contribution in [1.29, 1.82) is 0 Å². The van der Waals surface area contributed by atoms with Crippen LogP contribution >= 0.6 is 23.2 Å². The lowest BCUT2D eigenvalue weighted by Gasteiger charge is -2.34. The highest BCUT2D eigenvalue weighted by molar-refractivity contribution is 6.40. The summed E-state index contributed by atoms with van der Waals surface area (Å²) >= 11 is 12.4. The Morgan fingerprint density at radius 1 is 1.19 bits per heavy atom. The maximum absolute atomic E-state index is 14.1. The Bertz CT molecular complexity index is 869. The average molecular weight is 399 g/mol. The summed E-state index contributed by atoms with van der Waals surface area (Å²) < 4.78 is 27.3. The summed E-state index contributed by atoms with van der Waals surface area (Å²) in [5.41, 5.74) is 0.393. The van der Waals surface area contributed by atoms with Crippen LogP contribution < -0.4 is 4.90 Å². The van der Waals surface area contributed by atoms with Gasteiger partial charge in [0.05, 0.1) is 21.4 Å². The van der Waals surface area contributed by atoms with Gasteiger partial charge in [-0.15, -0.1) is 0 Å². The lowest BCUT2D eigenvalue weighted by atomic mass is 9.88. The van der Waals surface area contributed by atoms with Crippen LogP contribution in [0.4, 0.5) is 14.5 Å². The lowest BCUT2D eigenvalue weighted by Crippen LogP contribution is -2.43. The number of hydrogen-bond acceptors (Lipinski definition) is 3. The predicted molar refractivity (Wildman–Crippen MR) is 96.2 cm³/mol. The van der Waals surface area contributed by atoms with E-state index in [2.05, 4.69) is 5.16 Å². The zero-order valence-corrected chi connectivity index (χ0v) is 14.9. The number of hydrogen-bond donors (Lipinski definition) is 1. The molecule has 0 saturated carbocycles. The Morgan fingerprint density at radius 3 is 2.50 bits per heavy atom. The van der Waals surface area contributed by atoms with Gasteiger partial charge in [0.25, 0.3) is 0 Å². The van der Waals surface area contributed by atoms with Crippen molar-refractivity contribution in [2.75, 3.05) is 11.4 Å². The zero-order valence-electron chi connectivity index (χ0n) is 13.4. The number of oxime groups is 1. The second kappa shape index (κ2) is 7.60. The van der Waals surface area contributed by atoms with Crippen molar-refractivity contribution in [2.45, 2.75) is 12.8 Å². The first-order valence-electron chi connectivity index (χ1n) is 7.84. The number of para-hydroxylation sites is 1. The molecule has 0 bridgehead atoms. The normalized spacial score (nSPS) is 18.3. The van der Waals surface area contributed by atoms with Crippen molar-refractivity contribution in [3.8, 4) is 0 Å². The molecule has 1 fully saturated rings. The van der Waals surface area contributed by atoms with Gasteiger partial charge in [0.1, 0.15) is 11.6 Å². The molecule has 2 aromatic rings. The van der Waals surface area contributed by atoms with E-state index < -0.39 is 17.6 Å². The largest absolute Gasteiger partial charge is 0.411 e. The molecule has 0 aliphatic carbocycles. The maximum Gasteiger partial charge on any atom is 0.227 e. The van der Waals surface area contributed by atoms with E-state index in [4.69, 9.17) is 23.2 Å². The molecule has 1 N–H and O–H groups in total. The molecule has 1 atom stereocenters. The monoisotopic (exact) mass is 398 g/mol. The van der Waals surface area contributed by atoms with E-state index in [9.17, 15) is 18.8 Å². The molecule has 4 nitrogen and oxygen atoms in total. The van der Waals surface area contributed by atoms with E-state index >= 15 is 0 Å². The molecular weight excluding hydrogens is 385 g/mol. The van der Waals surface area contributed by atoms with Gasteiger partial charge in [-0.3, -0.25) is 4.79 Å². The van der Waals surface area contributed by atoms with Crippen molar-refractivity contribution in [3.63, 3.8) is 0 Å². The molecule has 0 aromatic heterocycles. The summed E-state index contributed by atoms with van der Waals surface area (Å²) in [4.78, 5) is 13.8. The number of rotatable bonds is 3. The topological polar surface area (TPSA) is 52.9 Å². The van der Waals surface area contributed by atoms with E-state index in [1.807, 2.05) is 0 Å².